The number of hydrogen-bond acceptors (Lipinski definition) is 4. The van der Waals surface area contributed by atoms with Crippen molar-refractivity contribution in [1.82, 2.24) is 15.0 Å². The fourth-order valence-corrected chi connectivity index (χ4v) is 2.51. The Labute approximate surface area is 111 Å². The summed E-state index contributed by atoms with van der Waals surface area (Å²) in [6.45, 7) is 1.86. The molecule has 2 heterocycles. The third-order valence-electron chi connectivity index (χ3n) is 2.64. The van der Waals surface area contributed by atoms with Crippen LogP contribution in [0.2, 0.25) is 0 Å². The second kappa shape index (κ2) is 4.36. The van der Waals surface area contributed by atoms with Crippen LogP contribution < -0.4 is 11.0 Å². The number of nitrogens with one attached hydrogen (secondary N) is 3. The number of fused-ring (bicyclic) bond motifs is 1. The number of para-hydroxylation sites is 1. The van der Waals surface area contributed by atoms with Crippen LogP contribution in [0.3, 0.4) is 0 Å². The average molecular weight is 274 g/mol. The molecule has 0 spiro atoms. The normalized spacial score (nSPS) is 10.8. The number of carbonyl (C=O) groups excluding carboxylic acids is 1. The van der Waals surface area contributed by atoms with Crippen molar-refractivity contribution in [2.75, 3.05) is 5.32 Å². The Balaban J connectivity index is 1.99. The van der Waals surface area contributed by atoms with E-state index in [1.54, 1.807) is 18.2 Å². The van der Waals surface area contributed by atoms with Gasteiger partial charge in [0.25, 0.3) is 5.91 Å². The molecule has 0 aliphatic carbocycles. The Bertz CT molecular complexity index is 814. The molecule has 0 atom stereocenters. The number of rotatable bonds is 2. The van der Waals surface area contributed by atoms with Gasteiger partial charge in [0.1, 0.15) is 0 Å². The first-order valence-electron chi connectivity index (χ1n) is 5.58. The van der Waals surface area contributed by atoms with E-state index in [2.05, 4.69) is 20.3 Å². The third kappa shape index (κ3) is 2.15. The molecule has 0 radical (unpaired) electrons. The first-order valence-corrected chi connectivity index (χ1v) is 6.46. The number of imidazole rings is 1. The number of hydrogen-bond donors (Lipinski definition) is 3. The number of benzene rings is 1. The van der Waals surface area contributed by atoms with Gasteiger partial charge in [-0.2, -0.15) is 0 Å². The molecule has 1 aromatic carbocycles. The van der Waals surface area contributed by atoms with Gasteiger partial charge in [-0.3, -0.25) is 10.1 Å². The molecule has 0 saturated carbocycles. The Morgan fingerprint density at radius 1 is 1.37 bits per heavy atom. The van der Waals surface area contributed by atoms with E-state index in [1.807, 2.05) is 12.3 Å². The molecule has 0 unspecified atom stereocenters. The van der Waals surface area contributed by atoms with Crippen LogP contribution in [0.1, 0.15) is 16.1 Å². The van der Waals surface area contributed by atoms with Crippen LogP contribution in [0.15, 0.2) is 28.4 Å². The SMILES string of the molecule is Cc1csc(NC(=O)c2cccc3[nH]c(=O)[nH]c23)n1. The average Bonchev–Trinajstić information content (AvgIpc) is 2.93. The van der Waals surface area contributed by atoms with Crippen LogP contribution in [0.25, 0.3) is 11.0 Å². The largest absolute Gasteiger partial charge is 0.323 e. The maximum absolute atomic E-state index is 12.2. The van der Waals surface area contributed by atoms with Crippen LogP contribution in [-0.4, -0.2) is 20.9 Å². The molecule has 19 heavy (non-hydrogen) atoms. The van der Waals surface area contributed by atoms with Crippen molar-refractivity contribution in [3.8, 4) is 0 Å². The van der Waals surface area contributed by atoms with Crippen molar-refractivity contribution < 1.29 is 4.79 Å². The van der Waals surface area contributed by atoms with Gasteiger partial charge < -0.3 is 9.97 Å². The molecule has 3 N–H and O–H groups in total. The van der Waals surface area contributed by atoms with Crippen molar-refractivity contribution in [3.63, 3.8) is 0 Å². The van der Waals surface area contributed by atoms with E-state index in [0.29, 0.717) is 21.7 Å². The van der Waals surface area contributed by atoms with E-state index in [0.717, 1.165) is 5.69 Å². The molecule has 7 heteroatoms. The number of amides is 1. The van der Waals surface area contributed by atoms with Gasteiger partial charge >= 0.3 is 5.69 Å². The summed E-state index contributed by atoms with van der Waals surface area (Å²) in [5.74, 6) is -0.296. The second-order valence-electron chi connectivity index (χ2n) is 4.06. The summed E-state index contributed by atoms with van der Waals surface area (Å²) in [6.07, 6.45) is 0. The molecule has 3 aromatic rings. The predicted molar refractivity (Wildman–Crippen MR) is 73.7 cm³/mol. The number of aromatic amines is 2. The zero-order valence-electron chi connectivity index (χ0n) is 9.98. The Kier molecular flexibility index (Phi) is 2.68. The highest BCUT2D eigenvalue weighted by molar-refractivity contribution is 7.13. The number of anilines is 1. The maximum atomic E-state index is 12.2. The van der Waals surface area contributed by atoms with Crippen molar-refractivity contribution in [3.05, 3.63) is 45.3 Å². The molecular formula is C12H10N4O2S. The lowest BCUT2D eigenvalue weighted by Gasteiger charge is -2.02. The molecule has 6 nitrogen and oxygen atoms in total. The van der Waals surface area contributed by atoms with E-state index < -0.39 is 0 Å². The molecule has 1 amide bonds. The number of carbonyl (C=O) groups is 1. The van der Waals surface area contributed by atoms with Gasteiger partial charge in [-0.05, 0) is 19.1 Å². The molecule has 0 aliphatic rings. The number of thiazole rings is 1. The Hall–Kier alpha value is -2.41. The number of nitrogens with zero attached hydrogens (tertiary/aromatic N) is 1. The standard InChI is InChI=1S/C12H10N4O2S/c1-6-5-19-12(13-6)16-10(17)7-3-2-4-8-9(7)15-11(18)14-8/h2-5H,1H3,(H,13,16,17)(H2,14,15,18). The first-order chi connectivity index (χ1) is 9.13. The summed E-state index contributed by atoms with van der Waals surface area (Å²) in [5.41, 5.74) is 2.03. The molecular weight excluding hydrogens is 264 g/mol. The molecule has 0 fully saturated rings. The highest BCUT2D eigenvalue weighted by atomic mass is 32.1. The van der Waals surface area contributed by atoms with Gasteiger partial charge in [0.05, 0.1) is 22.3 Å². The Morgan fingerprint density at radius 3 is 2.95 bits per heavy atom. The minimum atomic E-state index is -0.333. The zero-order chi connectivity index (χ0) is 13.4. The Morgan fingerprint density at radius 2 is 2.21 bits per heavy atom. The van der Waals surface area contributed by atoms with Gasteiger partial charge in [-0.1, -0.05) is 6.07 Å². The summed E-state index contributed by atoms with van der Waals surface area (Å²) >= 11 is 1.36. The van der Waals surface area contributed by atoms with Crippen molar-refractivity contribution in [1.29, 1.82) is 0 Å². The first kappa shape index (κ1) is 11.7. The van der Waals surface area contributed by atoms with Crippen molar-refractivity contribution in [2.45, 2.75) is 6.92 Å². The lowest BCUT2D eigenvalue weighted by molar-refractivity contribution is 0.102. The number of H-pyrrole nitrogens is 2. The molecule has 0 bridgehead atoms. The fraction of sp³-hybridized carbons (Fsp3) is 0.0833. The quantitative estimate of drug-likeness (QED) is 0.666. The van der Waals surface area contributed by atoms with E-state index >= 15 is 0 Å². The minimum absolute atomic E-state index is 0.296. The van der Waals surface area contributed by atoms with E-state index in [-0.39, 0.29) is 11.6 Å². The van der Waals surface area contributed by atoms with Gasteiger partial charge in [0, 0.05) is 5.38 Å². The fourth-order valence-electron chi connectivity index (χ4n) is 1.82. The molecule has 0 saturated heterocycles. The topological polar surface area (TPSA) is 90.6 Å². The van der Waals surface area contributed by atoms with Crippen molar-refractivity contribution in [2.24, 2.45) is 0 Å². The van der Waals surface area contributed by atoms with Gasteiger partial charge in [-0.15, -0.1) is 11.3 Å². The summed E-state index contributed by atoms with van der Waals surface area (Å²) in [7, 11) is 0. The molecule has 2 aromatic heterocycles. The van der Waals surface area contributed by atoms with Crippen LogP contribution in [0.5, 0.6) is 0 Å². The summed E-state index contributed by atoms with van der Waals surface area (Å²) in [4.78, 5) is 32.8. The van der Waals surface area contributed by atoms with Crippen LogP contribution in [0.4, 0.5) is 5.13 Å². The monoisotopic (exact) mass is 274 g/mol. The van der Waals surface area contributed by atoms with Gasteiger partial charge in [-0.25, -0.2) is 9.78 Å². The van der Waals surface area contributed by atoms with Crippen LogP contribution in [0, 0.1) is 6.92 Å². The third-order valence-corrected chi connectivity index (χ3v) is 3.51. The minimum Gasteiger partial charge on any atom is -0.306 e. The lowest BCUT2D eigenvalue weighted by atomic mass is 10.2. The van der Waals surface area contributed by atoms with Crippen molar-refractivity contribution >= 4 is 33.4 Å². The number of aryl methyl sites for hydroxylation is 1. The van der Waals surface area contributed by atoms with E-state index in [9.17, 15) is 9.59 Å². The zero-order valence-corrected chi connectivity index (χ0v) is 10.8. The predicted octanol–water partition coefficient (Wildman–Crippen LogP) is 1.87. The smallest absolute Gasteiger partial charge is 0.306 e. The molecule has 0 aliphatic heterocycles. The van der Waals surface area contributed by atoms with Crippen LogP contribution in [-0.2, 0) is 0 Å². The highest BCUT2D eigenvalue weighted by Gasteiger charge is 2.13. The van der Waals surface area contributed by atoms with E-state index in [4.69, 9.17) is 0 Å². The van der Waals surface area contributed by atoms with E-state index in [1.165, 1.54) is 11.3 Å². The lowest BCUT2D eigenvalue weighted by Crippen LogP contribution is -2.12. The second-order valence-corrected chi connectivity index (χ2v) is 4.91. The molecule has 96 valence electrons. The number of aromatic nitrogens is 3. The van der Waals surface area contributed by atoms with Crippen LogP contribution >= 0.6 is 11.3 Å². The summed E-state index contributed by atoms with van der Waals surface area (Å²) in [5, 5.41) is 5.11. The summed E-state index contributed by atoms with van der Waals surface area (Å²) in [6, 6.07) is 5.10. The summed E-state index contributed by atoms with van der Waals surface area (Å²) < 4.78 is 0. The highest BCUT2D eigenvalue weighted by Crippen LogP contribution is 2.18. The maximum Gasteiger partial charge on any atom is 0.323 e. The van der Waals surface area contributed by atoms with Gasteiger partial charge in [0.2, 0.25) is 0 Å². The molecule has 3 rings (SSSR count). The van der Waals surface area contributed by atoms with Gasteiger partial charge in [0.15, 0.2) is 5.13 Å².